The largest absolute Gasteiger partial charge is 0.480 e. The van der Waals surface area contributed by atoms with Crippen LogP contribution in [0.2, 0.25) is 0 Å². The van der Waals surface area contributed by atoms with Crippen molar-refractivity contribution < 1.29 is 14.7 Å². The molecule has 0 bridgehead atoms. The van der Waals surface area contributed by atoms with Crippen molar-refractivity contribution in [3.63, 3.8) is 0 Å². The molecule has 0 radical (unpaired) electrons. The molecule has 0 aromatic carbocycles. The molecule has 2 aromatic rings. The summed E-state index contributed by atoms with van der Waals surface area (Å²) in [6.07, 6.45) is 2.94. The van der Waals surface area contributed by atoms with E-state index >= 15 is 0 Å². The Balaban J connectivity index is 1.71. The lowest BCUT2D eigenvalue weighted by molar-refractivity contribution is -0.153. The van der Waals surface area contributed by atoms with Crippen molar-refractivity contribution in [2.45, 2.75) is 38.8 Å². The summed E-state index contributed by atoms with van der Waals surface area (Å²) >= 11 is 0. The van der Waals surface area contributed by atoms with Crippen LogP contribution in [0.1, 0.15) is 26.2 Å². The molecule has 0 aliphatic carbocycles. The molecule has 0 saturated carbocycles. The fourth-order valence-electron chi connectivity index (χ4n) is 3.13. The number of hydrogen-bond acceptors (Lipinski definition) is 4. The molecule has 0 spiro atoms. The monoisotopic (exact) mass is 332 g/mol. The van der Waals surface area contributed by atoms with E-state index in [1.54, 1.807) is 24.4 Å². The molecule has 3 heterocycles. The van der Waals surface area contributed by atoms with Gasteiger partial charge in [0, 0.05) is 19.2 Å². The summed E-state index contributed by atoms with van der Waals surface area (Å²) in [5.74, 6) is -0.936. The first-order valence-corrected chi connectivity index (χ1v) is 8.04. The zero-order valence-electron chi connectivity index (χ0n) is 13.5. The fourth-order valence-corrected chi connectivity index (χ4v) is 3.13. The second-order valence-corrected chi connectivity index (χ2v) is 6.26. The van der Waals surface area contributed by atoms with Gasteiger partial charge in [-0.1, -0.05) is 13.0 Å². The molecule has 1 saturated heterocycles. The Bertz CT molecular complexity index is 825. The van der Waals surface area contributed by atoms with Gasteiger partial charge in [-0.2, -0.15) is 0 Å². The number of hydrogen-bond donors (Lipinski definition) is 1. The summed E-state index contributed by atoms with van der Waals surface area (Å²) in [6.45, 7) is 2.57. The van der Waals surface area contributed by atoms with E-state index in [9.17, 15) is 19.5 Å². The van der Waals surface area contributed by atoms with Crippen LogP contribution in [-0.4, -0.2) is 48.7 Å². The van der Waals surface area contributed by atoms with E-state index in [0.29, 0.717) is 18.6 Å². The number of aliphatic carboxylic acids is 1. The van der Waals surface area contributed by atoms with E-state index < -0.39 is 12.0 Å². The lowest BCUT2D eigenvalue weighted by Crippen LogP contribution is -2.50. The fraction of sp³-hybridized carbons (Fsp3) is 0.500. The van der Waals surface area contributed by atoms with Crippen molar-refractivity contribution in [2.24, 2.45) is 5.92 Å². The van der Waals surface area contributed by atoms with Crippen molar-refractivity contribution in [2.75, 3.05) is 6.54 Å². The second-order valence-electron chi connectivity index (χ2n) is 6.26. The summed E-state index contributed by atoms with van der Waals surface area (Å²) < 4.78 is 2.66. The Labute approximate surface area is 138 Å². The van der Waals surface area contributed by atoms with Gasteiger partial charge in [-0.25, -0.2) is 14.3 Å². The third-order valence-electron chi connectivity index (χ3n) is 4.50. The molecule has 2 aromatic heterocycles. The van der Waals surface area contributed by atoms with Crippen molar-refractivity contribution in [3.05, 3.63) is 34.9 Å². The number of aryl methyl sites for hydroxylation is 1. The van der Waals surface area contributed by atoms with Crippen molar-refractivity contribution in [1.82, 2.24) is 19.1 Å². The molecule has 3 rings (SSSR count). The minimum absolute atomic E-state index is 0.0575. The number of likely N-dealkylation sites (tertiary alicyclic amines) is 1. The maximum Gasteiger partial charge on any atom is 0.350 e. The Kier molecular flexibility index (Phi) is 4.37. The maximum atomic E-state index is 12.4. The van der Waals surface area contributed by atoms with E-state index in [1.165, 1.54) is 14.0 Å². The van der Waals surface area contributed by atoms with Crippen molar-refractivity contribution in [3.8, 4) is 0 Å². The highest BCUT2D eigenvalue weighted by Gasteiger charge is 2.34. The van der Waals surface area contributed by atoms with Gasteiger partial charge in [0.1, 0.15) is 6.04 Å². The highest BCUT2D eigenvalue weighted by atomic mass is 16.4. The first-order chi connectivity index (χ1) is 11.5. The van der Waals surface area contributed by atoms with Gasteiger partial charge in [-0.15, -0.1) is 5.10 Å². The number of amides is 1. The normalized spacial score (nSPS) is 21.1. The molecule has 1 aliphatic heterocycles. The molecule has 1 aliphatic rings. The molecule has 2 atom stereocenters. The first kappa shape index (κ1) is 16.2. The maximum absolute atomic E-state index is 12.4. The highest BCUT2D eigenvalue weighted by Crippen LogP contribution is 2.23. The van der Waals surface area contributed by atoms with Crippen LogP contribution in [-0.2, 0) is 16.1 Å². The molecule has 1 N–H and O–H groups in total. The van der Waals surface area contributed by atoms with E-state index in [-0.39, 0.29) is 30.5 Å². The quantitative estimate of drug-likeness (QED) is 0.884. The van der Waals surface area contributed by atoms with Gasteiger partial charge in [-0.05, 0) is 30.9 Å². The Morgan fingerprint density at radius 1 is 1.38 bits per heavy atom. The van der Waals surface area contributed by atoms with Crippen molar-refractivity contribution in [1.29, 1.82) is 0 Å². The molecular weight excluding hydrogens is 312 g/mol. The molecule has 1 fully saturated rings. The van der Waals surface area contributed by atoms with E-state index in [1.807, 2.05) is 6.92 Å². The summed E-state index contributed by atoms with van der Waals surface area (Å²) in [5.41, 5.74) is 0.214. The van der Waals surface area contributed by atoms with Crippen LogP contribution in [0.3, 0.4) is 0 Å². The average molecular weight is 332 g/mol. The molecular formula is C16H20N4O4. The van der Waals surface area contributed by atoms with Gasteiger partial charge in [0.2, 0.25) is 5.91 Å². The standard InChI is InChI=1S/C16H20N4O4/c1-11-5-8-18(12(10-11)15(22)23)14(21)6-9-20-16(24)19-7-3-2-4-13(19)17-20/h2-4,7,11-12H,5-6,8-10H2,1H3,(H,22,23). The average Bonchev–Trinajstić information content (AvgIpc) is 2.89. The van der Waals surface area contributed by atoms with Crippen LogP contribution in [0, 0.1) is 5.92 Å². The number of carboxylic acid groups (broad SMARTS) is 1. The van der Waals surface area contributed by atoms with Crippen LogP contribution in [0.5, 0.6) is 0 Å². The third kappa shape index (κ3) is 3.04. The van der Waals surface area contributed by atoms with Gasteiger partial charge < -0.3 is 10.0 Å². The number of carbonyl (C=O) groups excluding carboxylic acids is 1. The first-order valence-electron chi connectivity index (χ1n) is 8.04. The summed E-state index contributed by atoms with van der Waals surface area (Å²) in [7, 11) is 0. The number of piperidine rings is 1. The molecule has 128 valence electrons. The van der Waals surface area contributed by atoms with Crippen LogP contribution < -0.4 is 5.69 Å². The molecule has 8 nitrogen and oxygen atoms in total. The number of nitrogens with zero attached hydrogens (tertiary/aromatic N) is 4. The number of rotatable bonds is 4. The summed E-state index contributed by atoms with van der Waals surface area (Å²) in [6, 6.07) is 4.45. The van der Waals surface area contributed by atoms with Crippen molar-refractivity contribution >= 4 is 17.5 Å². The topological polar surface area (TPSA) is 96.9 Å². The minimum atomic E-state index is -0.972. The SMILES string of the molecule is CC1CCN(C(=O)CCn2nc3ccccn3c2=O)C(C(=O)O)C1. The van der Waals surface area contributed by atoms with Gasteiger partial charge in [0.25, 0.3) is 0 Å². The zero-order chi connectivity index (χ0) is 17.3. The number of carboxylic acids is 1. The number of pyridine rings is 1. The zero-order valence-corrected chi connectivity index (χ0v) is 13.5. The summed E-state index contributed by atoms with van der Waals surface area (Å²) in [5, 5.41) is 13.5. The summed E-state index contributed by atoms with van der Waals surface area (Å²) in [4.78, 5) is 37.4. The molecule has 24 heavy (non-hydrogen) atoms. The van der Waals surface area contributed by atoms with Crippen LogP contribution in [0.25, 0.3) is 5.65 Å². The van der Waals surface area contributed by atoms with Crippen LogP contribution >= 0.6 is 0 Å². The minimum Gasteiger partial charge on any atom is -0.480 e. The van der Waals surface area contributed by atoms with E-state index in [2.05, 4.69) is 5.10 Å². The third-order valence-corrected chi connectivity index (χ3v) is 4.50. The van der Waals surface area contributed by atoms with Crippen LogP contribution in [0.4, 0.5) is 0 Å². The molecule has 2 unspecified atom stereocenters. The van der Waals surface area contributed by atoms with Gasteiger partial charge >= 0.3 is 11.7 Å². The Morgan fingerprint density at radius 2 is 2.17 bits per heavy atom. The number of carbonyl (C=O) groups is 2. The van der Waals surface area contributed by atoms with Crippen LogP contribution in [0.15, 0.2) is 29.2 Å². The van der Waals surface area contributed by atoms with E-state index in [4.69, 9.17) is 0 Å². The van der Waals surface area contributed by atoms with Gasteiger partial charge in [0.15, 0.2) is 5.65 Å². The second kappa shape index (κ2) is 6.46. The Hall–Kier alpha value is -2.64. The van der Waals surface area contributed by atoms with Gasteiger partial charge in [-0.3, -0.25) is 9.20 Å². The molecule has 8 heteroatoms. The predicted molar refractivity (Wildman–Crippen MR) is 85.6 cm³/mol. The van der Waals surface area contributed by atoms with E-state index in [0.717, 1.165) is 6.42 Å². The predicted octanol–water partition coefficient (Wildman–Crippen LogP) is 0.598. The smallest absolute Gasteiger partial charge is 0.350 e. The molecule has 1 amide bonds. The van der Waals surface area contributed by atoms with Gasteiger partial charge in [0.05, 0.1) is 6.54 Å². The number of fused-ring (bicyclic) bond motifs is 1. The highest BCUT2D eigenvalue weighted by molar-refractivity contribution is 5.83. The lowest BCUT2D eigenvalue weighted by Gasteiger charge is -2.36. The Morgan fingerprint density at radius 3 is 2.88 bits per heavy atom. The number of aromatic nitrogens is 3. The lowest BCUT2D eigenvalue weighted by atomic mass is 9.92.